The number of hydrogen-bond acceptors (Lipinski definition) is 10. The predicted molar refractivity (Wildman–Crippen MR) is 121 cm³/mol. The molecule has 0 saturated carbocycles. The molecular weight excluding hydrogens is 504 g/mol. The molecule has 0 aliphatic heterocycles. The van der Waals surface area contributed by atoms with E-state index in [1.807, 2.05) is 24.3 Å². The molecule has 0 aliphatic rings. The van der Waals surface area contributed by atoms with Crippen LogP contribution in [0.15, 0.2) is 95.8 Å². The molecule has 0 atom stereocenters. The van der Waals surface area contributed by atoms with Crippen LogP contribution in [-0.2, 0) is 17.1 Å². The Hall–Kier alpha value is -4.60. The van der Waals surface area contributed by atoms with Crippen molar-refractivity contribution < 1.29 is 47.9 Å². The fourth-order valence-electron chi connectivity index (χ4n) is 2.47. The van der Waals surface area contributed by atoms with Crippen LogP contribution >= 0.6 is 0 Å². The van der Waals surface area contributed by atoms with Gasteiger partial charge in [0.15, 0.2) is 0 Å². The van der Waals surface area contributed by atoms with Gasteiger partial charge in [0.25, 0.3) is 0 Å². The quantitative estimate of drug-likeness (QED) is 0.137. The van der Waals surface area contributed by atoms with Crippen LogP contribution in [0.25, 0.3) is 11.1 Å². The molecule has 11 heteroatoms. The predicted octanol–water partition coefficient (Wildman–Crippen LogP) is 2.69. The molecule has 4 aromatic rings. The van der Waals surface area contributed by atoms with Gasteiger partial charge in [-0.2, -0.15) is 0 Å². The summed E-state index contributed by atoms with van der Waals surface area (Å²) >= 11 is 0. The second-order valence-electron chi connectivity index (χ2n) is 6.41. The normalized spacial score (nSPS) is 9.94. The number of benzene rings is 2. The van der Waals surface area contributed by atoms with E-state index in [9.17, 15) is 10.2 Å². The van der Waals surface area contributed by atoms with Crippen LogP contribution in [0.5, 0.6) is 23.0 Å². The minimum Gasteiger partial charge on any atom is -0.872 e. The Morgan fingerprint density at radius 2 is 0.943 bits per heavy atom. The van der Waals surface area contributed by atoms with E-state index in [0.29, 0.717) is 0 Å². The van der Waals surface area contributed by atoms with E-state index in [1.165, 1.54) is 35.4 Å². The third kappa shape index (κ3) is 9.82. The Morgan fingerprint density at radius 1 is 0.600 bits per heavy atom. The SMILES string of the molecule is [Cu+2].[O-]c1cc(O)ccc1/C=N/O.[O-]c1cc(O)ccc1/C=N/O.c1cc(-c2ccncc2)ccn1. The molecular formula is C24H20CuN4O6. The maximum atomic E-state index is 10.9. The van der Waals surface area contributed by atoms with Crippen molar-refractivity contribution in [2.45, 2.75) is 0 Å². The zero-order valence-electron chi connectivity index (χ0n) is 17.9. The van der Waals surface area contributed by atoms with Gasteiger partial charge in [0.1, 0.15) is 11.5 Å². The van der Waals surface area contributed by atoms with E-state index < -0.39 is 0 Å². The Morgan fingerprint density at radius 3 is 1.23 bits per heavy atom. The first-order chi connectivity index (χ1) is 16.4. The Balaban J connectivity index is 0.000000259. The molecule has 35 heavy (non-hydrogen) atoms. The Labute approximate surface area is 211 Å². The van der Waals surface area contributed by atoms with Crippen LogP contribution in [0.4, 0.5) is 0 Å². The van der Waals surface area contributed by atoms with Gasteiger partial charge in [-0.3, -0.25) is 9.97 Å². The summed E-state index contributed by atoms with van der Waals surface area (Å²) in [4.78, 5) is 7.91. The van der Waals surface area contributed by atoms with Gasteiger partial charge in [0, 0.05) is 24.8 Å². The average Bonchev–Trinajstić information content (AvgIpc) is 2.85. The van der Waals surface area contributed by atoms with Gasteiger partial charge in [-0.05, 0) is 70.8 Å². The summed E-state index contributed by atoms with van der Waals surface area (Å²) in [7, 11) is 0. The molecule has 0 aliphatic carbocycles. The van der Waals surface area contributed by atoms with Crippen molar-refractivity contribution in [1.29, 1.82) is 0 Å². The van der Waals surface area contributed by atoms with Crippen molar-refractivity contribution >= 4 is 12.4 Å². The number of aromatic nitrogens is 2. The van der Waals surface area contributed by atoms with Crippen LogP contribution in [0.2, 0.25) is 0 Å². The number of phenols is 2. The molecule has 1 radical (unpaired) electrons. The third-order valence-corrected chi connectivity index (χ3v) is 4.08. The van der Waals surface area contributed by atoms with Gasteiger partial charge < -0.3 is 30.8 Å². The van der Waals surface area contributed by atoms with Crippen LogP contribution in [0.3, 0.4) is 0 Å². The third-order valence-electron chi connectivity index (χ3n) is 4.08. The molecule has 2 aromatic heterocycles. The minimum absolute atomic E-state index is 0. The summed E-state index contributed by atoms with van der Waals surface area (Å²) in [5, 5.41) is 60.9. The molecule has 4 rings (SSSR count). The first-order valence-electron chi connectivity index (χ1n) is 9.60. The van der Waals surface area contributed by atoms with Crippen molar-refractivity contribution in [1.82, 2.24) is 9.97 Å². The maximum absolute atomic E-state index is 10.9. The van der Waals surface area contributed by atoms with Crippen molar-refractivity contribution in [3.63, 3.8) is 0 Å². The molecule has 0 bridgehead atoms. The largest absolute Gasteiger partial charge is 2.00 e. The van der Waals surface area contributed by atoms with E-state index in [1.54, 1.807) is 24.8 Å². The van der Waals surface area contributed by atoms with Crippen LogP contribution in [0, 0.1) is 0 Å². The molecule has 0 amide bonds. The van der Waals surface area contributed by atoms with E-state index in [2.05, 4.69) is 20.3 Å². The van der Waals surface area contributed by atoms with E-state index in [4.69, 9.17) is 20.6 Å². The van der Waals surface area contributed by atoms with Crippen molar-refractivity contribution in [3.8, 4) is 34.1 Å². The topological polar surface area (TPSA) is 178 Å². The minimum atomic E-state index is -0.372. The molecule has 0 fully saturated rings. The van der Waals surface area contributed by atoms with E-state index in [0.717, 1.165) is 24.6 Å². The molecule has 183 valence electrons. The molecule has 0 unspecified atom stereocenters. The summed E-state index contributed by atoms with van der Waals surface area (Å²) in [6.45, 7) is 0. The van der Waals surface area contributed by atoms with E-state index in [-0.39, 0.29) is 51.2 Å². The summed E-state index contributed by atoms with van der Waals surface area (Å²) in [6.07, 6.45) is 9.18. The molecule has 0 spiro atoms. The van der Waals surface area contributed by atoms with Crippen LogP contribution in [-0.4, -0.2) is 43.0 Å². The second-order valence-corrected chi connectivity index (χ2v) is 6.41. The van der Waals surface area contributed by atoms with Gasteiger partial charge >= 0.3 is 17.1 Å². The molecule has 2 aromatic carbocycles. The summed E-state index contributed by atoms with van der Waals surface area (Å²) in [6, 6.07) is 15.5. The second kappa shape index (κ2) is 15.3. The number of phenolic OH excluding ortho intramolecular Hbond substituents is 2. The Bertz CT molecular complexity index is 1130. The van der Waals surface area contributed by atoms with Crippen molar-refractivity contribution in [2.75, 3.05) is 0 Å². The van der Waals surface area contributed by atoms with Gasteiger partial charge in [0.05, 0.1) is 12.4 Å². The zero-order chi connectivity index (χ0) is 24.8. The Kier molecular flexibility index (Phi) is 12.4. The number of pyridine rings is 2. The number of oxime groups is 2. The number of nitrogens with zero attached hydrogens (tertiary/aromatic N) is 4. The molecule has 0 saturated heterocycles. The monoisotopic (exact) mass is 523 g/mol. The van der Waals surface area contributed by atoms with Crippen molar-refractivity contribution in [3.05, 3.63) is 96.6 Å². The first kappa shape index (κ1) is 28.4. The van der Waals surface area contributed by atoms with Gasteiger partial charge in [-0.25, -0.2) is 0 Å². The van der Waals surface area contributed by atoms with Crippen LogP contribution in [0.1, 0.15) is 11.1 Å². The molecule has 4 N–H and O–H groups in total. The fraction of sp³-hybridized carbons (Fsp3) is 0. The number of rotatable bonds is 3. The maximum Gasteiger partial charge on any atom is 2.00 e. The van der Waals surface area contributed by atoms with Gasteiger partial charge in [0.2, 0.25) is 0 Å². The number of hydrogen-bond donors (Lipinski definition) is 4. The van der Waals surface area contributed by atoms with Crippen LogP contribution < -0.4 is 10.2 Å². The summed E-state index contributed by atoms with van der Waals surface area (Å²) in [5.41, 5.74) is 2.83. The number of aromatic hydroxyl groups is 2. The summed E-state index contributed by atoms with van der Waals surface area (Å²) in [5.74, 6) is -0.930. The average molecular weight is 524 g/mol. The zero-order valence-corrected chi connectivity index (χ0v) is 18.9. The smallest absolute Gasteiger partial charge is 0.872 e. The molecule has 2 heterocycles. The van der Waals surface area contributed by atoms with Gasteiger partial charge in [-0.15, -0.1) is 0 Å². The fourth-order valence-corrected chi connectivity index (χ4v) is 2.47. The van der Waals surface area contributed by atoms with Gasteiger partial charge in [-0.1, -0.05) is 33.9 Å². The van der Waals surface area contributed by atoms with Crippen molar-refractivity contribution in [2.24, 2.45) is 10.3 Å². The first-order valence-corrected chi connectivity index (χ1v) is 9.60. The summed E-state index contributed by atoms with van der Waals surface area (Å²) < 4.78 is 0. The molecule has 10 nitrogen and oxygen atoms in total. The van der Waals surface area contributed by atoms with E-state index >= 15 is 0 Å². The standard InChI is InChI=1S/C10H8N2.2C7H7NO3.Cu/c1-5-11-6-2-9(1)10-3-7-12-8-4-10;2*9-6-2-1-5(4-8-11)7(10)3-6;/h1-8H;2*1-4,9-11H;/q;;;+2/p-2/b;2*8-4+;.